The van der Waals surface area contributed by atoms with Crippen molar-refractivity contribution < 1.29 is 23.1 Å². The van der Waals surface area contributed by atoms with Crippen LogP contribution in [-0.2, 0) is 6.18 Å². The molecule has 0 atom stereocenters. The van der Waals surface area contributed by atoms with E-state index in [1.807, 2.05) is 0 Å². The molecule has 3 N–H and O–H groups in total. The van der Waals surface area contributed by atoms with Gasteiger partial charge in [0.1, 0.15) is 0 Å². The van der Waals surface area contributed by atoms with Crippen molar-refractivity contribution in [3.8, 4) is 0 Å². The fourth-order valence-electron chi connectivity index (χ4n) is 1.35. The summed E-state index contributed by atoms with van der Waals surface area (Å²) in [4.78, 5) is 11.5. The van der Waals surface area contributed by atoms with Crippen LogP contribution in [0.25, 0.3) is 0 Å². The zero-order chi connectivity index (χ0) is 13.1. The van der Waals surface area contributed by atoms with Gasteiger partial charge in [0.25, 0.3) is 0 Å². The van der Waals surface area contributed by atoms with E-state index in [2.05, 4.69) is 0 Å². The number of nitrogens with two attached hydrogens (primary N) is 1. The van der Waals surface area contributed by atoms with Gasteiger partial charge < -0.3 is 10.8 Å². The average Bonchev–Trinajstić information content (AvgIpc) is 2.24. The van der Waals surface area contributed by atoms with Crippen molar-refractivity contribution in [2.45, 2.75) is 19.0 Å². The third-order valence-corrected chi connectivity index (χ3v) is 2.24. The third kappa shape index (κ3) is 3.45. The molecule has 0 saturated heterocycles. The van der Waals surface area contributed by atoms with Gasteiger partial charge in [-0.15, -0.1) is 0 Å². The van der Waals surface area contributed by atoms with Gasteiger partial charge in [0.05, 0.1) is 5.56 Å². The Bertz CT molecular complexity index is 416. The first-order valence-electron chi connectivity index (χ1n) is 4.97. The normalized spacial score (nSPS) is 11.5. The minimum atomic E-state index is -4.50. The molecular weight excluding hydrogens is 235 g/mol. The molecule has 0 radical (unpaired) electrons. The highest BCUT2D eigenvalue weighted by molar-refractivity contribution is 6.00. The lowest BCUT2D eigenvalue weighted by Gasteiger charge is -2.10. The van der Waals surface area contributed by atoms with Crippen LogP contribution in [0.3, 0.4) is 0 Å². The zero-order valence-corrected chi connectivity index (χ0v) is 8.92. The molecule has 0 heterocycles. The molecule has 0 aliphatic carbocycles. The predicted octanol–water partition coefficient (Wildman–Crippen LogP) is 2.24. The van der Waals surface area contributed by atoms with Crippen molar-refractivity contribution in [3.05, 3.63) is 29.3 Å². The fourth-order valence-corrected chi connectivity index (χ4v) is 1.35. The molecule has 0 aromatic heterocycles. The third-order valence-electron chi connectivity index (χ3n) is 2.24. The van der Waals surface area contributed by atoms with Crippen molar-refractivity contribution in [3.63, 3.8) is 0 Å². The van der Waals surface area contributed by atoms with Crippen LogP contribution in [0, 0.1) is 0 Å². The molecule has 94 valence electrons. The Morgan fingerprint density at radius 2 is 2.00 bits per heavy atom. The number of aliphatic hydroxyl groups excluding tert-OH is 1. The maximum atomic E-state index is 12.4. The van der Waals surface area contributed by atoms with Crippen LogP contribution in [0.4, 0.5) is 18.9 Å². The van der Waals surface area contributed by atoms with Gasteiger partial charge in [0, 0.05) is 24.3 Å². The van der Waals surface area contributed by atoms with Gasteiger partial charge in [-0.2, -0.15) is 13.2 Å². The second-order valence-corrected chi connectivity index (χ2v) is 3.55. The van der Waals surface area contributed by atoms with Crippen LogP contribution >= 0.6 is 0 Å². The van der Waals surface area contributed by atoms with Crippen LogP contribution in [0.1, 0.15) is 28.8 Å². The van der Waals surface area contributed by atoms with E-state index in [1.54, 1.807) is 0 Å². The van der Waals surface area contributed by atoms with Crippen molar-refractivity contribution in [2.24, 2.45) is 0 Å². The van der Waals surface area contributed by atoms with Crippen LogP contribution in [0.15, 0.2) is 18.2 Å². The number of ketones is 1. The summed E-state index contributed by atoms with van der Waals surface area (Å²) >= 11 is 0. The standard InChI is InChI=1S/C11H12F3NO2/c12-11(13,14)7-3-4-9(15)8(6-7)10(17)2-1-5-16/h3-4,6,16H,1-2,5,15H2. The van der Waals surface area contributed by atoms with Crippen LogP contribution in [0.2, 0.25) is 0 Å². The number of aliphatic hydroxyl groups is 1. The topological polar surface area (TPSA) is 63.3 Å². The van der Waals surface area contributed by atoms with Gasteiger partial charge in [0.15, 0.2) is 5.78 Å². The number of benzene rings is 1. The van der Waals surface area contributed by atoms with E-state index in [9.17, 15) is 18.0 Å². The predicted molar refractivity (Wildman–Crippen MR) is 56.5 cm³/mol. The number of halogens is 3. The number of carbonyl (C=O) groups excluding carboxylic acids is 1. The van der Waals surface area contributed by atoms with E-state index >= 15 is 0 Å². The van der Waals surface area contributed by atoms with Crippen LogP contribution in [0.5, 0.6) is 0 Å². The molecule has 0 spiro atoms. The highest BCUT2D eigenvalue weighted by atomic mass is 19.4. The number of rotatable bonds is 4. The fraction of sp³-hybridized carbons (Fsp3) is 0.364. The summed E-state index contributed by atoms with van der Waals surface area (Å²) < 4.78 is 37.3. The molecule has 0 aliphatic heterocycles. The maximum absolute atomic E-state index is 12.4. The summed E-state index contributed by atoms with van der Waals surface area (Å²) in [5.41, 5.74) is 4.42. The number of carbonyl (C=O) groups is 1. The zero-order valence-electron chi connectivity index (χ0n) is 8.92. The number of hydrogen-bond acceptors (Lipinski definition) is 3. The number of Topliss-reactive ketones (excluding diaryl/α,β-unsaturated/α-hetero) is 1. The minimum Gasteiger partial charge on any atom is -0.398 e. The Hall–Kier alpha value is -1.56. The molecular formula is C11H12F3NO2. The molecule has 1 aromatic carbocycles. The molecule has 1 rings (SSSR count). The lowest BCUT2D eigenvalue weighted by atomic mass is 10.0. The van der Waals surface area contributed by atoms with Gasteiger partial charge in [-0.1, -0.05) is 0 Å². The van der Waals surface area contributed by atoms with E-state index in [-0.39, 0.29) is 30.7 Å². The Morgan fingerprint density at radius 1 is 1.35 bits per heavy atom. The summed E-state index contributed by atoms with van der Waals surface area (Å²) in [5.74, 6) is -0.498. The average molecular weight is 247 g/mol. The quantitative estimate of drug-likeness (QED) is 0.633. The number of alkyl halides is 3. The maximum Gasteiger partial charge on any atom is 0.416 e. The first kappa shape index (κ1) is 13.5. The second-order valence-electron chi connectivity index (χ2n) is 3.55. The highest BCUT2D eigenvalue weighted by Gasteiger charge is 2.31. The molecule has 0 fully saturated rings. The molecule has 6 heteroatoms. The Balaban J connectivity index is 3.02. The van der Waals surface area contributed by atoms with Gasteiger partial charge in [-0.05, 0) is 24.6 Å². The molecule has 1 aromatic rings. The van der Waals surface area contributed by atoms with Gasteiger partial charge in [-0.3, -0.25) is 4.79 Å². The SMILES string of the molecule is Nc1ccc(C(F)(F)F)cc1C(=O)CCCO. The first-order valence-corrected chi connectivity index (χ1v) is 4.97. The summed E-state index contributed by atoms with van der Waals surface area (Å²) in [7, 11) is 0. The number of nitrogen functional groups attached to an aromatic ring is 1. The molecule has 0 amide bonds. The summed E-state index contributed by atoms with van der Waals surface area (Å²) in [6.07, 6.45) is -4.32. The molecule has 0 bridgehead atoms. The van der Waals surface area contributed by atoms with Crippen molar-refractivity contribution in [2.75, 3.05) is 12.3 Å². The van der Waals surface area contributed by atoms with Gasteiger partial charge in [0.2, 0.25) is 0 Å². The van der Waals surface area contributed by atoms with Gasteiger partial charge >= 0.3 is 6.18 Å². The summed E-state index contributed by atoms with van der Waals surface area (Å²) in [5, 5.41) is 8.55. The van der Waals surface area contributed by atoms with E-state index < -0.39 is 17.5 Å². The Morgan fingerprint density at radius 3 is 2.53 bits per heavy atom. The lowest BCUT2D eigenvalue weighted by molar-refractivity contribution is -0.137. The second kappa shape index (κ2) is 5.18. The largest absolute Gasteiger partial charge is 0.416 e. The van der Waals surface area contributed by atoms with E-state index in [1.165, 1.54) is 0 Å². The minimum absolute atomic E-state index is 0.0148. The lowest BCUT2D eigenvalue weighted by Crippen LogP contribution is -2.10. The van der Waals surface area contributed by atoms with Crippen molar-refractivity contribution in [1.82, 2.24) is 0 Å². The van der Waals surface area contributed by atoms with Crippen LogP contribution in [-0.4, -0.2) is 17.5 Å². The highest BCUT2D eigenvalue weighted by Crippen LogP contribution is 2.31. The van der Waals surface area contributed by atoms with E-state index in [0.29, 0.717) is 0 Å². The molecule has 3 nitrogen and oxygen atoms in total. The van der Waals surface area contributed by atoms with Crippen molar-refractivity contribution >= 4 is 11.5 Å². The monoisotopic (exact) mass is 247 g/mol. The summed E-state index contributed by atoms with van der Waals surface area (Å²) in [6.45, 7) is -0.190. The van der Waals surface area contributed by atoms with E-state index in [0.717, 1.165) is 18.2 Å². The van der Waals surface area contributed by atoms with Gasteiger partial charge in [-0.25, -0.2) is 0 Å². The first-order chi connectivity index (χ1) is 7.86. The molecule has 0 unspecified atom stereocenters. The molecule has 0 saturated carbocycles. The van der Waals surface area contributed by atoms with Crippen LogP contribution < -0.4 is 5.73 Å². The Labute approximate surface area is 96.0 Å². The summed E-state index contributed by atoms with van der Waals surface area (Å²) in [6, 6.07) is 2.64. The number of anilines is 1. The van der Waals surface area contributed by atoms with E-state index in [4.69, 9.17) is 10.8 Å². The molecule has 0 aliphatic rings. The molecule has 17 heavy (non-hydrogen) atoms. The number of hydrogen-bond donors (Lipinski definition) is 2. The smallest absolute Gasteiger partial charge is 0.398 e. The Kier molecular flexibility index (Phi) is 4.11. The van der Waals surface area contributed by atoms with Crippen molar-refractivity contribution in [1.29, 1.82) is 0 Å².